The molecule has 1 aliphatic carbocycles. The van der Waals surface area contributed by atoms with Crippen molar-refractivity contribution in [2.45, 2.75) is 38.6 Å². The fourth-order valence-corrected chi connectivity index (χ4v) is 3.83. The Kier molecular flexibility index (Phi) is 8.15. The second-order valence-electron chi connectivity index (χ2n) is 6.39. The second-order valence-corrected chi connectivity index (χ2v) is 8.27. The SMILES string of the molecule is CC[C@@H](NS(=O)(=O)CCCOCOC)c1cccc(OCC2CC2)c1. The maximum absolute atomic E-state index is 12.3. The summed E-state index contributed by atoms with van der Waals surface area (Å²) in [5, 5.41) is 0. The van der Waals surface area contributed by atoms with Crippen molar-refractivity contribution in [3.8, 4) is 5.75 Å². The van der Waals surface area contributed by atoms with E-state index in [0.717, 1.165) is 17.9 Å². The number of sulfonamides is 1. The van der Waals surface area contributed by atoms with Gasteiger partial charge in [0.05, 0.1) is 19.0 Å². The van der Waals surface area contributed by atoms with E-state index >= 15 is 0 Å². The number of ether oxygens (including phenoxy) is 3. The highest BCUT2D eigenvalue weighted by Gasteiger charge is 2.22. The molecule has 0 aromatic heterocycles. The Morgan fingerprint density at radius 3 is 2.80 bits per heavy atom. The highest BCUT2D eigenvalue weighted by molar-refractivity contribution is 7.89. The van der Waals surface area contributed by atoms with Gasteiger partial charge in [-0.3, -0.25) is 0 Å². The molecule has 142 valence electrons. The lowest BCUT2D eigenvalue weighted by Gasteiger charge is -2.18. The first-order chi connectivity index (χ1) is 12.0. The van der Waals surface area contributed by atoms with Crippen molar-refractivity contribution in [3.63, 3.8) is 0 Å². The largest absolute Gasteiger partial charge is 0.493 e. The van der Waals surface area contributed by atoms with Crippen LogP contribution in [-0.2, 0) is 19.5 Å². The van der Waals surface area contributed by atoms with E-state index in [9.17, 15) is 8.42 Å². The van der Waals surface area contributed by atoms with Gasteiger partial charge >= 0.3 is 0 Å². The molecule has 0 amide bonds. The molecule has 1 atom stereocenters. The number of nitrogens with one attached hydrogen (secondary N) is 1. The minimum atomic E-state index is -3.37. The number of hydrogen-bond acceptors (Lipinski definition) is 5. The number of rotatable bonds is 13. The van der Waals surface area contributed by atoms with Crippen molar-refractivity contribution < 1.29 is 22.6 Å². The lowest BCUT2D eigenvalue weighted by atomic mass is 10.1. The molecule has 0 bridgehead atoms. The second kappa shape index (κ2) is 10.1. The van der Waals surface area contributed by atoms with E-state index in [-0.39, 0.29) is 18.6 Å². The van der Waals surface area contributed by atoms with Gasteiger partial charge in [0.25, 0.3) is 0 Å². The van der Waals surface area contributed by atoms with Gasteiger partial charge < -0.3 is 14.2 Å². The molecule has 0 aliphatic heterocycles. The molecule has 0 unspecified atom stereocenters. The first kappa shape index (κ1) is 20.2. The Morgan fingerprint density at radius 1 is 1.32 bits per heavy atom. The Morgan fingerprint density at radius 2 is 2.12 bits per heavy atom. The molecule has 1 aromatic rings. The number of methoxy groups -OCH3 is 1. The Bertz CT molecular complexity index is 616. The zero-order valence-corrected chi connectivity index (χ0v) is 15.9. The lowest BCUT2D eigenvalue weighted by Crippen LogP contribution is -2.30. The van der Waals surface area contributed by atoms with Crippen molar-refractivity contribution in [2.24, 2.45) is 5.92 Å². The van der Waals surface area contributed by atoms with Crippen molar-refractivity contribution in [1.82, 2.24) is 4.72 Å². The third-order valence-corrected chi connectivity index (χ3v) is 5.55. The lowest BCUT2D eigenvalue weighted by molar-refractivity contribution is -0.0298. The molecule has 0 saturated heterocycles. The zero-order chi connectivity index (χ0) is 18.1. The molecule has 0 radical (unpaired) electrons. The highest BCUT2D eigenvalue weighted by atomic mass is 32.2. The third kappa shape index (κ3) is 7.73. The van der Waals surface area contributed by atoms with Crippen LogP contribution in [0.4, 0.5) is 0 Å². The van der Waals surface area contributed by atoms with Gasteiger partial charge in [0.2, 0.25) is 10.0 Å². The van der Waals surface area contributed by atoms with Crippen molar-refractivity contribution in [3.05, 3.63) is 29.8 Å². The summed E-state index contributed by atoms with van der Waals surface area (Å²) in [6.45, 7) is 3.24. The molecule has 25 heavy (non-hydrogen) atoms. The molecule has 0 spiro atoms. The smallest absolute Gasteiger partial charge is 0.212 e. The minimum Gasteiger partial charge on any atom is -0.493 e. The fourth-order valence-electron chi connectivity index (χ4n) is 2.48. The quantitative estimate of drug-likeness (QED) is 0.426. The van der Waals surface area contributed by atoms with Crippen LogP contribution in [0, 0.1) is 5.92 Å². The fraction of sp³-hybridized carbons (Fsp3) is 0.667. The summed E-state index contributed by atoms with van der Waals surface area (Å²) in [7, 11) is -1.83. The van der Waals surface area contributed by atoms with E-state index in [1.165, 1.54) is 20.0 Å². The summed E-state index contributed by atoms with van der Waals surface area (Å²) >= 11 is 0. The zero-order valence-electron chi connectivity index (χ0n) is 15.1. The van der Waals surface area contributed by atoms with Gasteiger partial charge in [-0.2, -0.15) is 0 Å². The Labute approximate surface area is 150 Å². The molecule has 0 heterocycles. The molecule has 1 N–H and O–H groups in total. The van der Waals surface area contributed by atoms with Crippen LogP contribution in [0.3, 0.4) is 0 Å². The van der Waals surface area contributed by atoms with E-state index < -0.39 is 10.0 Å². The van der Waals surface area contributed by atoms with Crippen molar-refractivity contribution >= 4 is 10.0 Å². The average Bonchev–Trinajstić information content (AvgIpc) is 3.42. The molecule has 1 saturated carbocycles. The Hall–Kier alpha value is -1.15. The molecule has 7 heteroatoms. The maximum atomic E-state index is 12.3. The van der Waals surface area contributed by atoms with E-state index in [1.54, 1.807) is 0 Å². The standard InChI is InChI=1S/C18H29NO5S/c1-3-18(19-25(20,21)11-5-10-23-14-22-2)16-6-4-7-17(12-16)24-13-15-8-9-15/h4,6-7,12,15,18-19H,3,5,8-11,13-14H2,1-2H3/t18-/m1/s1. The highest BCUT2D eigenvalue weighted by Crippen LogP contribution is 2.30. The first-order valence-electron chi connectivity index (χ1n) is 8.83. The molecule has 2 rings (SSSR count). The van der Waals surface area contributed by atoms with Crippen LogP contribution in [-0.4, -0.2) is 41.3 Å². The summed E-state index contributed by atoms with van der Waals surface area (Å²) in [5.41, 5.74) is 0.926. The van der Waals surface area contributed by atoms with E-state index in [1.807, 2.05) is 31.2 Å². The van der Waals surface area contributed by atoms with E-state index in [0.29, 0.717) is 25.4 Å². The summed E-state index contributed by atoms with van der Waals surface area (Å²) in [5.74, 6) is 1.52. The third-order valence-electron chi connectivity index (χ3n) is 4.08. The number of benzene rings is 1. The minimum absolute atomic E-state index is 0.0328. The molecule has 1 aliphatic rings. The summed E-state index contributed by atoms with van der Waals surface area (Å²) in [4.78, 5) is 0. The Balaban J connectivity index is 1.88. The van der Waals surface area contributed by atoms with Gasteiger partial charge in [0, 0.05) is 13.2 Å². The molecule has 6 nitrogen and oxygen atoms in total. The molecule has 1 aromatic carbocycles. The van der Waals surface area contributed by atoms with Crippen LogP contribution in [0.2, 0.25) is 0 Å². The van der Waals surface area contributed by atoms with Crippen LogP contribution >= 0.6 is 0 Å². The van der Waals surface area contributed by atoms with Gasteiger partial charge in [-0.15, -0.1) is 0 Å². The summed E-state index contributed by atoms with van der Waals surface area (Å²) in [6, 6.07) is 7.44. The maximum Gasteiger partial charge on any atom is 0.212 e. The predicted molar refractivity (Wildman–Crippen MR) is 97.1 cm³/mol. The molecule has 1 fully saturated rings. The van der Waals surface area contributed by atoms with Crippen LogP contribution < -0.4 is 9.46 Å². The average molecular weight is 371 g/mol. The summed E-state index contributed by atoms with van der Waals surface area (Å²) < 4.78 is 43.0. The topological polar surface area (TPSA) is 73.9 Å². The van der Waals surface area contributed by atoms with Gasteiger partial charge in [-0.05, 0) is 49.3 Å². The molecular weight excluding hydrogens is 342 g/mol. The van der Waals surface area contributed by atoms with Crippen LogP contribution in [0.25, 0.3) is 0 Å². The van der Waals surface area contributed by atoms with Gasteiger partial charge in [0.15, 0.2) is 0 Å². The molecular formula is C18H29NO5S. The van der Waals surface area contributed by atoms with Gasteiger partial charge in [-0.1, -0.05) is 19.1 Å². The number of hydrogen-bond donors (Lipinski definition) is 1. The van der Waals surface area contributed by atoms with Crippen LogP contribution in [0.5, 0.6) is 5.75 Å². The van der Waals surface area contributed by atoms with Crippen molar-refractivity contribution in [2.75, 3.05) is 32.9 Å². The monoisotopic (exact) mass is 371 g/mol. The first-order valence-corrected chi connectivity index (χ1v) is 10.5. The van der Waals surface area contributed by atoms with Crippen LogP contribution in [0.15, 0.2) is 24.3 Å². The van der Waals surface area contributed by atoms with Crippen molar-refractivity contribution in [1.29, 1.82) is 0 Å². The normalized spacial score (nSPS) is 15.9. The predicted octanol–water partition coefficient (Wildman–Crippen LogP) is 2.86. The van der Waals surface area contributed by atoms with E-state index in [4.69, 9.17) is 14.2 Å². The van der Waals surface area contributed by atoms with E-state index in [2.05, 4.69) is 4.72 Å². The van der Waals surface area contributed by atoms with Crippen LogP contribution in [0.1, 0.15) is 44.2 Å². The van der Waals surface area contributed by atoms with Gasteiger partial charge in [-0.25, -0.2) is 13.1 Å². The van der Waals surface area contributed by atoms with Gasteiger partial charge in [0.1, 0.15) is 12.5 Å². The summed E-state index contributed by atoms with van der Waals surface area (Å²) in [6.07, 6.45) is 3.58.